The quantitative estimate of drug-likeness (QED) is 0.684. The highest BCUT2D eigenvalue weighted by atomic mass is 32.2. The summed E-state index contributed by atoms with van der Waals surface area (Å²) >= 11 is 1.63. The van der Waals surface area contributed by atoms with E-state index in [4.69, 9.17) is 4.52 Å². The molecule has 2 heterocycles. The Bertz CT molecular complexity index is 688. The van der Waals surface area contributed by atoms with Gasteiger partial charge in [0.1, 0.15) is 0 Å². The lowest BCUT2D eigenvalue weighted by Crippen LogP contribution is -2.15. The molecule has 110 valence electrons. The summed E-state index contributed by atoms with van der Waals surface area (Å²) in [5, 5.41) is 24.6. The highest BCUT2D eigenvalue weighted by Gasteiger charge is 2.32. The molecule has 3 rings (SSSR count). The molecule has 0 aliphatic carbocycles. The van der Waals surface area contributed by atoms with E-state index in [1.165, 1.54) is 12.1 Å². The van der Waals surface area contributed by atoms with Gasteiger partial charge in [0.25, 0.3) is 5.69 Å². The number of aliphatic hydroxyl groups excluding tert-OH is 1. The summed E-state index contributed by atoms with van der Waals surface area (Å²) in [5.74, 6) is 1.91. The molecule has 1 aliphatic heterocycles. The fraction of sp³-hybridized carbons (Fsp3) is 0.385. The third kappa shape index (κ3) is 2.64. The number of nitro groups is 1. The van der Waals surface area contributed by atoms with E-state index >= 15 is 0 Å². The van der Waals surface area contributed by atoms with Crippen molar-refractivity contribution in [2.45, 2.75) is 18.9 Å². The first kappa shape index (κ1) is 14.0. The molecule has 0 radical (unpaired) electrons. The Balaban J connectivity index is 1.96. The second-order valence-electron chi connectivity index (χ2n) is 4.92. The summed E-state index contributed by atoms with van der Waals surface area (Å²) < 4.78 is 5.22. The van der Waals surface area contributed by atoms with Gasteiger partial charge < -0.3 is 9.63 Å². The Labute approximate surface area is 124 Å². The van der Waals surface area contributed by atoms with Crippen LogP contribution in [0.5, 0.6) is 0 Å². The average Bonchev–Trinajstić information content (AvgIpc) is 3.07. The molecular weight excluding hydrogens is 294 g/mol. The zero-order valence-corrected chi connectivity index (χ0v) is 12.0. The lowest BCUT2D eigenvalue weighted by atomic mass is 10.1. The molecule has 8 heteroatoms. The predicted molar refractivity (Wildman–Crippen MR) is 77.2 cm³/mol. The van der Waals surface area contributed by atoms with E-state index in [2.05, 4.69) is 10.1 Å². The predicted octanol–water partition coefficient (Wildman–Crippen LogP) is 2.14. The molecule has 0 amide bonds. The number of hydrogen-bond acceptors (Lipinski definition) is 7. The van der Waals surface area contributed by atoms with Crippen LogP contribution in [-0.2, 0) is 0 Å². The van der Waals surface area contributed by atoms with Crippen LogP contribution in [0.25, 0.3) is 11.4 Å². The number of aromatic nitrogens is 2. The van der Waals surface area contributed by atoms with Gasteiger partial charge in [-0.2, -0.15) is 16.7 Å². The molecule has 1 aliphatic rings. The smallest absolute Gasteiger partial charge is 0.270 e. The zero-order chi connectivity index (χ0) is 15.0. The molecule has 2 unspecified atom stereocenters. The van der Waals surface area contributed by atoms with Crippen LogP contribution in [0.15, 0.2) is 22.7 Å². The molecule has 1 aromatic heterocycles. The fourth-order valence-electron chi connectivity index (χ4n) is 2.24. The van der Waals surface area contributed by atoms with Gasteiger partial charge in [-0.05, 0) is 12.5 Å². The maximum absolute atomic E-state index is 10.9. The number of thioether (sulfide) groups is 1. The van der Waals surface area contributed by atoms with Gasteiger partial charge in [-0.1, -0.05) is 11.2 Å². The lowest BCUT2D eigenvalue weighted by molar-refractivity contribution is -0.384. The number of hydrogen-bond donors (Lipinski definition) is 1. The molecule has 1 N–H and O–H groups in total. The summed E-state index contributed by atoms with van der Waals surface area (Å²) in [6.07, 6.45) is -0.491. The first-order valence-electron chi connectivity index (χ1n) is 6.41. The second kappa shape index (κ2) is 5.45. The summed E-state index contributed by atoms with van der Waals surface area (Å²) in [6.45, 7) is 1.83. The third-order valence-corrected chi connectivity index (χ3v) is 4.65. The van der Waals surface area contributed by atoms with Crippen LogP contribution in [0.4, 0.5) is 5.69 Å². The highest BCUT2D eigenvalue weighted by molar-refractivity contribution is 7.99. The van der Waals surface area contributed by atoms with Crippen molar-refractivity contribution in [3.63, 3.8) is 0 Å². The minimum atomic E-state index is -0.491. The normalized spacial score (nSPS) is 21.6. The molecule has 1 saturated heterocycles. The van der Waals surface area contributed by atoms with Crippen LogP contribution >= 0.6 is 11.8 Å². The number of aryl methyl sites for hydroxylation is 1. The van der Waals surface area contributed by atoms with E-state index in [0.29, 0.717) is 23.0 Å². The number of benzene rings is 1. The van der Waals surface area contributed by atoms with Gasteiger partial charge in [-0.3, -0.25) is 10.1 Å². The van der Waals surface area contributed by atoms with E-state index in [9.17, 15) is 15.2 Å². The van der Waals surface area contributed by atoms with Crippen molar-refractivity contribution in [1.82, 2.24) is 10.1 Å². The van der Waals surface area contributed by atoms with Crippen LogP contribution < -0.4 is 0 Å². The van der Waals surface area contributed by atoms with E-state index in [1.807, 2.05) is 6.92 Å². The molecule has 21 heavy (non-hydrogen) atoms. The zero-order valence-electron chi connectivity index (χ0n) is 11.2. The van der Waals surface area contributed by atoms with Gasteiger partial charge in [0.2, 0.25) is 11.7 Å². The fourth-order valence-corrected chi connectivity index (χ4v) is 3.47. The van der Waals surface area contributed by atoms with Crippen molar-refractivity contribution in [3.8, 4) is 11.4 Å². The van der Waals surface area contributed by atoms with Crippen LogP contribution in [0.3, 0.4) is 0 Å². The minimum Gasteiger partial charge on any atom is -0.391 e. The number of nitrogens with zero attached hydrogens (tertiary/aromatic N) is 3. The maximum Gasteiger partial charge on any atom is 0.270 e. The first-order chi connectivity index (χ1) is 10.1. The molecule has 0 bridgehead atoms. The standard InChI is InChI=1S/C13H13N3O4S/c1-7-2-3-8(16(18)19)4-9(7)12-14-13(20-15-12)10-5-21-6-11(10)17/h2-4,10-11,17H,5-6H2,1H3. The van der Waals surface area contributed by atoms with Crippen molar-refractivity contribution in [2.24, 2.45) is 0 Å². The van der Waals surface area contributed by atoms with Crippen LogP contribution in [-0.4, -0.2) is 37.8 Å². The molecule has 1 fully saturated rings. The van der Waals surface area contributed by atoms with Gasteiger partial charge in [0.15, 0.2) is 0 Å². The van der Waals surface area contributed by atoms with Crippen LogP contribution in [0.2, 0.25) is 0 Å². The number of nitro benzene ring substituents is 1. The van der Waals surface area contributed by atoms with E-state index < -0.39 is 11.0 Å². The average molecular weight is 307 g/mol. The van der Waals surface area contributed by atoms with Crippen LogP contribution in [0.1, 0.15) is 17.4 Å². The van der Waals surface area contributed by atoms with Crippen molar-refractivity contribution in [2.75, 3.05) is 11.5 Å². The number of rotatable bonds is 3. The Morgan fingerprint density at radius 1 is 1.48 bits per heavy atom. The molecule has 2 atom stereocenters. The van der Waals surface area contributed by atoms with E-state index in [-0.39, 0.29) is 11.6 Å². The first-order valence-corrected chi connectivity index (χ1v) is 7.56. The van der Waals surface area contributed by atoms with Gasteiger partial charge in [0, 0.05) is 29.2 Å². The minimum absolute atomic E-state index is 0.0154. The van der Waals surface area contributed by atoms with Crippen molar-refractivity contribution in [1.29, 1.82) is 0 Å². The maximum atomic E-state index is 10.9. The number of aliphatic hydroxyl groups is 1. The van der Waals surface area contributed by atoms with Crippen molar-refractivity contribution >= 4 is 17.4 Å². The molecular formula is C13H13N3O4S. The Hall–Kier alpha value is -1.93. The summed E-state index contributed by atoms with van der Waals surface area (Å²) in [6, 6.07) is 4.53. The molecule has 7 nitrogen and oxygen atoms in total. The largest absolute Gasteiger partial charge is 0.391 e. The van der Waals surface area contributed by atoms with Crippen molar-refractivity contribution in [3.05, 3.63) is 39.8 Å². The molecule has 2 aromatic rings. The second-order valence-corrected chi connectivity index (χ2v) is 6.00. The summed E-state index contributed by atoms with van der Waals surface area (Å²) in [5.41, 5.74) is 1.38. The molecule has 1 aromatic carbocycles. The summed E-state index contributed by atoms with van der Waals surface area (Å²) in [7, 11) is 0. The summed E-state index contributed by atoms with van der Waals surface area (Å²) in [4.78, 5) is 14.7. The Morgan fingerprint density at radius 2 is 2.29 bits per heavy atom. The van der Waals surface area contributed by atoms with E-state index in [1.54, 1.807) is 17.8 Å². The van der Waals surface area contributed by atoms with Gasteiger partial charge in [-0.25, -0.2) is 0 Å². The van der Waals surface area contributed by atoms with Gasteiger partial charge in [0.05, 0.1) is 16.9 Å². The van der Waals surface area contributed by atoms with Crippen molar-refractivity contribution < 1.29 is 14.6 Å². The molecule has 0 saturated carbocycles. The van der Waals surface area contributed by atoms with Crippen LogP contribution in [0, 0.1) is 17.0 Å². The van der Waals surface area contributed by atoms with E-state index in [0.717, 1.165) is 11.3 Å². The third-order valence-electron chi connectivity index (χ3n) is 3.48. The molecule has 0 spiro atoms. The SMILES string of the molecule is Cc1ccc([N+](=O)[O-])cc1-c1noc(C2CSCC2O)n1. The Morgan fingerprint density at radius 3 is 2.95 bits per heavy atom. The van der Waals surface area contributed by atoms with Gasteiger partial charge >= 0.3 is 0 Å². The monoisotopic (exact) mass is 307 g/mol. The number of non-ortho nitro benzene ring substituents is 1. The lowest BCUT2D eigenvalue weighted by Gasteiger charge is -2.06. The highest BCUT2D eigenvalue weighted by Crippen LogP contribution is 2.33. The topological polar surface area (TPSA) is 102 Å². The van der Waals surface area contributed by atoms with Gasteiger partial charge in [-0.15, -0.1) is 0 Å². The Kier molecular flexibility index (Phi) is 3.64.